The molecule has 0 fully saturated rings. The molecule has 0 atom stereocenters. The lowest BCUT2D eigenvalue weighted by molar-refractivity contribution is 0.264. The van der Waals surface area contributed by atoms with Gasteiger partial charge in [0, 0.05) is 21.9 Å². The molecule has 0 unspecified atom stereocenters. The quantitative estimate of drug-likeness (QED) is 0.898. The van der Waals surface area contributed by atoms with Gasteiger partial charge in [-0.05, 0) is 23.6 Å². The lowest BCUT2D eigenvalue weighted by Crippen LogP contribution is -2.03. The molecule has 0 aliphatic heterocycles. The van der Waals surface area contributed by atoms with E-state index in [1.165, 1.54) is 4.88 Å². The number of hydrogen-bond acceptors (Lipinski definition) is 3. The van der Waals surface area contributed by atoms with Gasteiger partial charge in [0.25, 0.3) is 0 Å². The van der Waals surface area contributed by atoms with E-state index in [0.29, 0.717) is 28.0 Å². The van der Waals surface area contributed by atoms with Crippen LogP contribution in [-0.2, 0) is 13.0 Å². The maximum Gasteiger partial charge on any atom is 0.143 e. The number of halogens is 2. The monoisotopic (exact) mass is 302 g/mol. The van der Waals surface area contributed by atoms with Gasteiger partial charge in [-0.3, -0.25) is 0 Å². The molecule has 2 aromatic rings. The van der Waals surface area contributed by atoms with Gasteiger partial charge in [0.2, 0.25) is 0 Å². The lowest BCUT2D eigenvalue weighted by Gasteiger charge is -2.12. The third-order valence-corrected chi connectivity index (χ3v) is 3.87. The second-order valence-electron chi connectivity index (χ2n) is 3.71. The van der Waals surface area contributed by atoms with Crippen molar-refractivity contribution in [1.82, 2.24) is 0 Å². The summed E-state index contributed by atoms with van der Waals surface area (Å²) in [5.74, 6) is 0.514. The van der Waals surface area contributed by atoms with Gasteiger partial charge in [-0.15, -0.1) is 11.3 Å². The van der Waals surface area contributed by atoms with Gasteiger partial charge in [-0.1, -0.05) is 29.3 Å². The fourth-order valence-electron chi connectivity index (χ4n) is 1.60. The maximum absolute atomic E-state index is 9.26. The fraction of sp³-hybridized carbons (Fsp3) is 0.231. The van der Waals surface area contributed by atoms with Crippen LogP contribution in [0.2, 0.25) is 10.0 Å². The topological polar surface area (TPSA) is 29.5 Å². The van der Waals surface area contributed by atoms with Crippen molar-refractivity contribution in [2.24, 2.45) is 0 Å². The number of aliphatic hydroxyl groups is 1. The molecule has 5 heteroatoms. The fourth-order valence-corrected chi connectivity index (χ4v) is 2.88. The van der Waals surface area contributed by atoms with Gasteiger partial charge in [-0.25, -0.2) is 0 Å². The minimum absolute atomic E-state index is 0.144. The molecule has 0 aliphatic rings. The normalized spacial score (nSPS) is 10.6. The SMILES string of the molecule is OCc1cc(Cl)cc(Cl)c1OCCc1cccs1. The largest absolute Gasteiger partial charge is 0.491 e. The molecular formula is C13H12Cl2O2S. The molecule has 0 spiro atoms. The molecule has 1 N–H and O–H groups in total. The summed E-state index contributed by atoms with van der Waals surface area (Å²) in [4.78, 5) is 1.26. The predicted molar refractivity (Wildman–Crippen MR) is 75.9 cm³/mol. The second kappa shape index (κ2) is 6.43. The molecule has 18 heavy (non-hydrogen) atoms. The molecule has 0 saturated carbocycles. The Hall–Kier alpha value is -0.740. The Morgan fingerprint density at radius 1 is 1.28 bits per heavy atom. The molecule has 96 valence electrons. The van der Waals surface area contributed by atoms with E-state index in [0.717, 1.165) is 6.42 Å². The molecule has 2 rings (SSSR count). The molecule has 0 radical (unpaired) electrons. The van der Waals surface area contributed by atoms with Gasteiger partial charge in [0.05, 0.1) is 18.2 Å². The van der Waals surface area contributed by atoms with E-state index in [9.17, 15) is 5.11 Å². The number of benzene rings is 1. The standard InChI is InChI=1S/C13H12Cl2O2S/c14-10-6-9(8-16)13(12(15)7-10)17-4-3-11-2-1-5-18-11/h1-2,5-7,16H,3-4,8H2. The van der Waals surface area contributed by atoms with Crippen LogP contribution in [0.25, 0.3) is 0 Å². The summed E-state index contributed by atoms with van der Waals surface area (Å²) in [6.07, 6.45) is 0.821. The van der Waals surface area contributed by atoms with Crippen molar-refractivity contribution in [1.29, 1.82) is 0 Å². The van der Waals surface area contributed by atoms with Gasteiger partial charge < -0.3 is 9.84 Å². The highest BCUT2D eigenvalue weighted by atomic mass is 35.5. The highest BCUT2D eigenvalue weighted by molar-refractivity contribution is 7.09. The van der Waals surface area contributed by atoms with Crippen molar-refractivity contribution in [2.45, 2.75) is 13.0 Å². The Morgan fingerprint density at radius 2 is 2.11 bits per heavy atom. The number of rotatable bonds is 5. The van der Waals surface area contributed by atoms with Crippen LogP contribution in [0.5, 0.6) is 5.75 Å². The molecule has 2 nitrogen and oxygen atoms in total. The van der Waals surface area contributed by atoms with Gasteiger partial charge in [-0.2, -0.15) is 0 Å². The average molecular weight is 303 g/mol. The summed E-state index contributed by atoms with van der Waals surface area (Å²) in [5, 5.41) is 12.2. The van der Waals surface area contributed by atoms with Gasteiger partial charge >= 0.3 is 0 Å². The molecule has 0 aliphatic carbocycles. The molecule has 0 saturated heterocycles. The highest BCUT2D eigenvalue weighted by Gasteiger charge is 2.10. The van der Waals surface area contributed by atoms with E-state index in [1.807, 2.05) is 11.4 Å². The highest BCUT2D eigenvalue weighted by Crippen LogP contribution is 2.32. The third kappa shape index (κ3) is 3.39. The summed E-state index contributed by atoms with van der Waals surface area (Å²) >= 11 is 13.6. The van der Waals surface area contributed by atoms with Crippen LogP contribution in [0.1, 0.15) is 10.4 Å². The number of aliphatic hydroxyl groups excluding tert-OH is 1. The summed E-state index contributed by atoms with van der Waals surface area (Å²) < 4.78 is 5.64. The molecule has 1 heterocycles. The van der Waals surface area contributed by atoms with Crippen molar-refractivity contribution in [3.8, 4) is 5.75 Å². The van der Waals surface area contributed by atoms with E-state index in [1.54, 1.807) is 23.5 Å². The van der Waals surface area contributed by atoms with E-state index in [-0.39, 0.29) is 6.61 Å². The average Bonchev–Trinajstić information content (AvgIpc) is 2.84. The lowest BCUT2D eigenvalue weighted by atomic mass is 10.2. The van der Waals surface area contributed by atoms with E-state index in [4.69, 9.17) is 27.9 Å². The molecule has 1 aromatic carbocycles. The summed E-state index contributed by atoms with van der Waals surface area (Å²) in [6.45, 7) is 0.378. The van der Waals surface area contributed by atoms with Crippen LogP contribution >= 0.6 is 34.5 Å². The number of ether oxygens (including phenoxy) is 1. The predicted octanol–water partition coefficient (Wildman–Crippen LogP) is 4.17. The zero-order valence-electron chi connectivity index (χ0n) is 9.53. The first kappa shape index (κ1) is 13.7. The number of thiophene rings is 1. The van der Waals surface area contributed by atoms with Crippen molar-refractivity contribution in [2.75, 3.05) is 6.61 Å². The van der Waals surface area contributed by atoms with Crippen molar-refractivity contribution >= 4 is 34.5 Å². The molecule has 1 aromatic heterocycles. The zero-order valence-corrected chi connectivity index (χ0v) is 11.9. The van der Waals surface area contributed by atoms with Crippen molar-refractivity contribution in [3.63, 3.8) is 0 Å². The summed E-state index contributed by atoms with van der Waals surface area (Å²) in [7, 11) is 0. The smallest absolute Gasteiger partial charge is 0.143 e. The minimum Gasteiger partial charge on any atom is -0.491 e. The van der Waals surface area contributed by atoms with Crippen LogP contribution in [0, 0.1) is 0 Å². The Labute approximate surface area is 120 Å². The van der Waals surface area contributed by atoms with Crippen LogP contribution < -0.4 is 4.74 Å². The van der Waals surface area contributed by atoms with Crippen molar-refractivity contribution < 1.29 is 9.84 Å². The maximum atomic E-state index is 9.26. The molecular weight excluding hydrogens is 291 g/mol. The first-order valence-electron chi connectivity index (χ1n) is 5.44. The third-order valence-electron chi connectivity index (χ3n) is 2.43. The van der Waals surface area contributed by atoms with Crippen LogP contribution in [0.15, 0.2) is 29.6 Å². The van der Waals surface area contributed by atoms with Gasteiger partial charge in [0.1, 0.15) is 5.75 Å². The van der Waals surface area contributed by atoms with Crippen molar-refractivity contribution in [3.05, 3.63) is 50.1 Å². The van der Waals surface area contributed by atoms with E-state index in [2.05, 4.69) is 6.07 Å². The Balaban J connectivity index is 2.04. The molecule has 0 amide bonds. The molecule has 0 bridgehead atoms. The second-order valence-corrected chi connectivity index (χ2v) is 5.59. The first-order valence-corrected chi connectivity index (χ1v) is 7.08. The summed E-state index contributed by atoms with van der Waals surface area (Å²) in [6, 6.07) is 7.34. The Morgan fingerprint density at radius 3 is 2.78 bits per heavy atom. The van der Waals surface area contributed by atoms with Crippen LogP contribution in [-0.4, -0.2) is 11.7 Å². The zero-order chi connectivity index (χ0) is 13.0. The summed E-state index contributed by atoms with van der Waals surface area (Å²) in [5.41, 5.74) is 0.610. The van der Waals surface area contributed by atoms with Crippen LogP contribution in [0.4, 0.5) is 0 Å². The minimum atomic E-state index is -0.144. The van der Waals surface area contributed by atoms with Crippen LogP contribution in [0.3, 0.4) is 0 Å². The Bertz CT molecular complexity index is 512. The number of hydrogen-bond donors (Lipinski definition) is 1. The van der Waals surface area contributed by atoms with E-state index < -0.39 is 0 Å². The van der Waals surface area contributed by atoms with E-state index >= 15 is 0 Å². The van der Waals surface area contributed by atoms with Gasteiger partial charge in [0.15, 0.2) is 0 Å². The first-order chi connectivity index (χ1) is 8.70. The Kier molecular flexibility index (Phi) is 4.89.